The summed E-state index contributed by atoms with van der Waals surface area (Å²) in [5, 5.41) is 30.4. The minimum atomic E-state index is -1.50. The molecule has 149 heavy (non-hydrogen) atoms. The van der Waals surface area contributed by atoms with Crippen LogP contribution in [0, 0.1) is 31.3 Å². The van der Waals surface area contributed by atoms with E-state index in [2.05, 4.69) is 480 Å². The number of nitrogens with zero attached hydrogens (tertiary/aromatic N) is 6. The highest BCUT2D eigenvalue weighted by molar-refractivity contribution is 6.38. The maximum absolute atomic E-state index is 15.2. The van der Waals surface area contributed by atoms with Crippen LogP contribution < -0.4 is 14.7 Å². The van der Waals surface area contributed by atoms with Crippen molar-refractivity contribution in [1.82, 2.24) is 13.7 Å². The van der Waals surface area contributed by atoms with Gasteiger partial charge in [-0.05, 0) is 325 Å². The van der Waals surface area contributed by atoms with E-state index < -0.39 is 17.5 Å². The SMILES string of the molecule is Cc1ccccc1N(c1ccc(-c2ccc3ccc4cc5c(c6ccc2c3c46)c2ccccc2n5-c2ccccc2)cc1)c1ccccc1C.Fc1ccc(N(c2ccccc2)c2ccc(-c3ccc4ccc5cc6c(c7ccc3c4c57)c3ccccc3n6-c3ccccc3)cc2)c(F)c1F.c1ccc(N(c2ccccc2)c2ccc(-c3ccc4ccc5cc6c(c7ccc3c4c57)c3ccccc3n6-c3ccccc3)cc2)cc1. The van der Waals surface area contributed by atoms with E-state index >= 15 is 4.39 Å². The van der Waals surface area contributed by atoms with Crippen molar-refractivity contribution in [2.75, 3.05) is 14.7 Å². The number of rotatable bonds is 15. The van der Waals surface area contributed by atoms with E-state index in [1.54, 1.807) is 4.90 Å². The summed E-state index contributed by atoms with van der Waals surface area (Å²) in [6.07, 6.45) is 0. The number of hydrogen-bond acceptors (Lipinski definition) is 3. The zero-order valence-electron chi connectivity index (χ0n) is 81.4. The molecule has 0 unspecified atom stereocenters. The second-order valence-corrected chi connectivity index (χ2v) is 38.9. The normalized spacial score (nSPS) is 11.8. The molecule has 30 rings (SSSR count). The van der Waals surface area contributed by atoms with E-state index in [1.807, 2.05) is 60.7 Å². The second kappa shape index (κ2) is 35.6. The van der Waals surface area contributed by atoms with Crippen LogP contribution in [0.1, 0.15) is 11.1 Å². The van der Waals surface area contributed by atoms with Gasteiger partial charge >= 0.3 is 0 Å². The van der Waals surface area contributed by atoms with Crippen LogP contribution in [-0.2, 0) is 0 Å². The summed E-state index contributed by atoms with van der Waals surface area (Å²) >= 11 is 0. The fraction of sp³-hybridized carbons (Fsp3) is 0.0143. The number of aryl methyl sites for hydroxylation is 2. The van der Waals surface area contributed by atoms with Crippen molar-refractivity contribution in [3.63, 3.8) is 0 Å². The predicted octanol–water partition coefficient (Wildman–Crippen LogP) is 39.5. The lowest BCUT2D eigenvalue weighted by Gasteiger charge is -2.28. The van der Waals surface area contributed by atoms with E-state index in [4.69, 9.17) is 0 Å². The van der Waals surface area contributed by atoms with Crippen LogP contribution in [0.4, 0.5) is 64.4 Å². The summed E-state index contributed by atoms with van der Waals surface area (Å²) in [5.74, 6) is -3.97. The first-order valence-corrected chi connectivity index (χ1v) is 50.7. The molecule has 3 aromatic heterocycles. The van der Waals surface area contributed by atoms with Gasteiger partial charge in [0.2, 0.25) is 0 Å². The summed E-state index contributed by atoms with van der Waals surface area (Å²) in [6, 6.07) is 182. The maximum Gasteiger partial charge on any atom is 0.196 e. The fourth-order valence-corrected chi connectivity index (χ4v) is 24.0. The average Bonchev–Trinajstić information content (AvgIpc) is 1.58. The topological polar surface area (TPSA) is 24.5 Å². The van der Waals surface area contributed by atoms with Crippen molar-refractivity contribution in [3.05, 3.63) is 544 Å². The third-order valence-electron chi connectivity index (χ3n) is 30.6. The number of halogens is 3. The summed E-state index contributed by atoms with van der Waals surface area (Å²) < 4.78 is 50.8. The van der Waals surface area contributed by atoms with Crippen LogP contribution in [0.25, 0.3) is 213 Å². The van der Waals surface area contributed by atoms with Crippen molar-refractivity contribution >= 4 is 214 Å². The second-order valence-electron chi connectivity index (χ2n) is 38.9. The summed E-state index contributed by atoms with van der Waals surface area (Å²) in [6.45, 7) is 4.37. The lowest BCUT2D eigenvalue weighted by atomic mass is 9.88. The number of aromatic nitrogens is 3. The summed E-state index contributed by atoms with van der Waals surface area (Å²) in [4.78, 5) is 6.30. The van der Waals surface area contributed by atoms with Gasteiger partial charge in [-0.3, -0.25) is 0 Å². The first-order valence-electron chi connectivity index (χ1n) is 50.7. The molecule has 0 aliphatic rings. The average molecular weight is 1910 g/mol. The minimum Gasteiger partial charge on any atom is -0.311 e. The van der Waals surface area contributed by atoms with Crippen molar-refractivity contribution in [2.24, 2.45) is 0 Å². The zero-order valence-corrected chi connectivity index (χ0v) is 81.4. The van der Waals surface area contributed by atoms with E-state index in [9.17, 15) is 8.78 Å². The fourth-order valence-electron chi connectivity index (χ4n) is 24.0. The molecule has 9 heteroatoms. The molecular formula is C140H91F3N6. The molecule has 0 radical (unpaired) electrons. The molecule has 0 amide bonds. The number of hydrogen-bond donors (Lipinski definition) is 0. The van der Waals surface area contributed by atoms with E-state index in [1.165, 1.54) is 219 Å². The Morgan fingerprint density at radius 2 is 0.430 bits per heavy atom. The van der Waals surface area contributed by atoms with Gasteiger partial charge < -0.3 is 28.4 Å². The van der Waals surface area contributed by atoms with Crippen LogP contribution >= 0.6 is 0 Å². The van der Waals surface area contributed by atoms with Crippen molar-refractivity contribution in [2.45, 2.75) is 13.8 Å². The number of fused-ring (bicyclic) bond motifs is 12. The Morgan fingerprint density at radius 3 is 0.772 bits per heavy atom. The van der Waals surface area contributed by atoms with E-state index in [0.717, 1.165) is 51.0 Å². The Labute approximate surface area is 857 Å². The summed E-state index contributed by atoms with van der Waals surface area (Å²) in [5.41, 5.74) is 28.3. The zero-order chi connectivity index (χ0) is 99.2. The lowest BCUT2D eigenvalue weighted by molar-refractivity contribution is 0.448. The molecule has 27 aromatic carbocycles. The molecular weight excluding hydrogens is 1820 g/mol. The molecule has 0 bridgehead atoms. The molecule has 0 atom stereocenters. The Kier molecular flexibility index (Phi) is 20.9. The van der Waals surface area contributed by atoms with Gasteiger partial charge in [0.15, 0.2) is 17.5 Å². The minimum absolute atomic E-state index is 0.0736. The van der Waals surface area contributed by atoms with Crippen LogP contribution in [0.2, 0.25) is 0 Å². The Balaban J connectivity index is 0.000000108. The third-order valence-corrected chi connectivity index (χ3v) is 30.6. The molecule has 0 aliphatic heterocycles. The predicted molar refractivity (Wildman–Crippen MR) is 623 cm³/mol. The Hall–Kier alpha value is -19.4. The van der Waals surface area contributed by atoms with Crippen LogP contribution in [-0.4, -0.2) is 13.7 Å². The van der Waals surface area contributed by atoms with E-state index in [-0.39, 0.29) is 5.69 Å². The molecule has 6 nitrogen and oxygen atoms in total. The van der Waals surface area contributed by atoms with Crippen LogP contribution in [0.3, 0.4) is 0 Å². The van der Waals surface area contributed by atoms with Gasteiger partial charge in [0, 0.05) is 94.9 Å². The Morgan fingerprint density at radius 1 is 0.168 bits per heavy atom. The lowest BCUT2D eigenvalue weighted by Crippen LogP contribution is -2.13. The molecule has 0 aliphatic carbocycles. The monoisotopic (exact) mass is 1910 g/mol. The number of anilines is 9. The molecule has 0 N–H and O–H groups in total. The van der Waals surface area contributed by atoms with Crippen molar-refractivity contribution in [1.29, 1.82) is 0 Å². The highest BCUT2D eigenvalue weighted by Gasteiger charge is 2.29. The van der Waals surface area contributed by atoms with Gasteiger partial charge in [-0.15, -0.1) is 0 Å². The Bertz CT molecular complexity index is 10400. The standard InChI is InChI=1S/C48H34N2.C46H27F3N2.C46H30N2/c1-31-12-6-9-17-42(31)49(43-18-10-7-13-32(43)2)37-25-22-33(23-26-37)38-27-24-34-20-21-35-30-45-48(41-29-28-39(38)46(34)47(35)41)40-16-8-11-19-44(40)50(45)36-14-4-3-5-15-36;47-38-25-26-40(46(49)45(38)48)50(31-9-3-1-4-10-31)33-20-17-28(18-21-33)34-22-19-29-15-16-30-27-41-44(37-24-23-35(34)42(29)43(30)37)36-13-7-8-14-39(36)51(41)32-11-5-2-6-12-32;1-4-12-34(13-5-1)47(35-14-6-2-7-15-35)37-25-22-31(23-26-37)38-27-24-32-20-21-33-30-43-46(41-29-28-39(38)44(32)45(33)41)40-18-10-11-19-42(40)48(43)36-16-8-3-9-17-36/h3-30H,1-2H3;1-27H;1-30H. The van der Waals surface area contributed by atoms with Gasteiger partial charge in [-0.1, -0.05) is 346 Å². The smallest absolute Gasteiger partial charge is 0.196 e. The first-order chi connectivity index (χ1) is 73.5. The van der Waals surface area contributed by atoms with Crippen molar-refractivity contribution in [3.8, 4) is 50.4 Å². The number of benzene rings is 27. The maximum atomic E-state index is 15.2. The summed E-state index contributed by atoms with van der Waals surface area (Å²) in [7, 11) is 0. The molecule has 0 saturated heterocycles. The van der Waals surface area contributed by atoms with Crippen molar-refractivity contribution < 1.29 is 13.2 Å². The van der Waals surface area contributed by atoms with Gasteiger partial charge in [-0.2, -0.15) is 0 Å². The molecule has 0 spiro atoms. The third kappa shape index (κ3) is 14.3. The largest absolute Gasteiger partial charge is 0.311 e. The molecule has 0 saturated carbocycles. The first kappa shape index (κ1) is 87.4. The molecule has 3 heterocycles. The van der Waals surface area contributed by atoms with E-state index in [0.29, 0.717) is 11.4 Å². The van der Waals surface area contributed by atoms with Crippen LogP contribution in [0.15, 0.2) is 516 Å². The molecule has 30 aromatic rings. The number of para-hydroxylation sites is 11. The van der Waals surface area contributed by atoms with Gasteiger partial charge in [0.05, 0.1) is 38.8 Å². The molecule has 702 valence electrons. The highest BCUT2D eigenvalue weighted by Crippen LogP contribution is 2.53. The van der Waals surface area contributed by atoms with Gasteiger partial charge in [-0.25, -0.2) is 13.2 Å². The molecule has 0 fully saturated rings. The van der Waals surface area contributed by atoms with Gasteiger partial charge in [0.1, 0.15) is 0 Å². The van der Waals surface area contributed by atoms with Crippen LogP contribution in [0.5, 0.6) is 0 Å². The highest BCUT2D eigenvalue weighted by atomic mass is 19.2. The van der Waals surface area contributed by atoms with Gasteiger partial charge in [0.25, 0.3) is 0 Å². The quantitative estimate of drug-likeness (QED) is 0.0755.